The number of nitrogens with one attached hydrogen (secondary N) is 4. The Morgan fingerprint density at radius 3 is 2.13 bits per heavy atom. The van der Waals surface area contributed by atoms with E-state index in [4.69, 9.17) is 20.1 Å². The molecule has 17 nitrogen and oxygen atoms in total. The Labute approximate surface area is 364 Å². The van der Waals surface area contributed by atoms with Gasteiger partial charge in [-0.1, -0.05) is 71.9 Å². The highest BCUT2D eigenvalue weighted by molar-refractivity contribution is 6.48. The zero-order valence-corrected chi connectivity index (χ0v) is 37.2. The third kappa shape index (κ3) is 11.1. The van der Waals surface area contributed by atoms with E-state index < -0.39 is 109 Å². The van der Waals surface area contributed by atoms with Crippen LogP contribution in [0.5, 0.6) is 0 Å². The zero-order valence-electron chi connectivity index (χ0n) is 37.2. The van der Waals surface area contributed by atoms with E-state index in [1.165, 1.54) is 10.5 Å². The summed E-state index contributed by atoms with van der Waals surface area (Å²) < 4.78 is 13.5. The molecule has 342 valence electrons. The summed E-state index contributed by atoms with van der Waals surface area (Å²) >= 11 is 0. The Kier molecular flexibility index (Phi) is 15.9. The molecule has 0 spiro atoms. The predicted molar refractivity (Wildman–Crippen MR) is 229 cm³/mol. The average Bonchev–Trinajstić information content (AvgIpc) is 3.84. The van der Waals surface area contributed by atoms with Gasteiger partial charge >= 0.3 is 19.1 Å². The summed E-state index contributed by atoms with van der Waals surface area (Å²) in [6.45, 7) is 13.9. The second-order valence-corrected chi connectivity index (χ2v) is 19.2. The fraction of sp³-hybridized carbons (Fsp3) is 0.705. The standard InChI is InChI=1S/C44H67BN6O11/c1-24(2)36(49-39(57)29(18-19-34(52)53)47-38(56)28(46)23-35(54)55)41(59)50-37(25(3)4)42(60)51-20-12-16-30(51)40(58)48-33(17-11-15-26-13-9-8-10-14-26)45-61-32-22-27-21-31(43(27,5)6)44(32,7)62-45/h8-10,13-14,24-25,27-33,36-37H,11-12,15-23,46H2,1-7H3,(H,47,56)(H,48,58)(H,49,57)(H,50,59)(H,52,53)(H,54,55)/t27-,28-,29-,30-,31-,32-,33-,36-,37-,44+/m0/s1. The molecule has 0 radical (unpaired) electrons. The molecule has 2 saturated heterocycles. The molecule has 2 heterocycles. The van der Waals surface area contributed by atoms with E-state index in [1.807, 2.05) is 18.2 Å². The molecule has 5 aliphatic rings. The summed E-state index contributed by atoms with van der Waals surface area (Å²) in [5.74, 6) is -6.46. The first-order chi connectivity index (χ1) is 29.1. The van der Waals surface area contributed by atoms with Crippen LogP contribution in [-0.4, -0.2) is 118 Å². The first-order valence-electron chi connectivity index (χ1n) is 22.2. The second kappa shape index (κ2) is 20.3. The fourth-order valence-corrected chi connectivity index (χ4v) is 9.92. The summed E-state index contributed by atoms with van der Waals surface area (Å²) in [6, 6.07) is 4.06. The minimum atomic E-state index is -1.51. The number of nitrogens with zero attached hydrogens (tertiary/aromatic N) is 1. The number of rotatable bonds is 21. The lowest BCUT2D eigenvalue weighted by Crippen LogP contribution is -2.65. The van der Waals surface area contributed by atoms with Crippen LogP contribution in [0.2, 0.25) is 0 Å². The summed E-state index contributed by atoms with van der Waals surface area (Å²) in [7, 11) is -0.658. The molecule has 1 aromatic carbocycles. The molecule has 2 bridgehead atoms. The van der Waals surface area contributed by atoms with E-state index in [1.54, 1.807) is 27.7 Å². The number of likely N-dealkylation sites (tertiary alicyclic amines) is 1. The number of aliphatic carboxylic acids is 2. The van der Waals surface area contributed by atoms with Crippen LogP contribution in [-0.2, 0) is 49.3 Å². The molecule has 3 aliphatic carbocycles. The number of benzene rings is 1. The molecule has 8 N–H and O–H groups in total. The molecule has 5 fully saturated rings. The van der Waals surface area contributed by atoms with Gasteiger partial charge in [0, 0.05) is 13.0 Å². The largest absolute Gasteiger partial charge is 0.481 e. The number of hydrogen-bond acceptors (Lipinski definition) is 10. The number of carboxylic acid groups (broad SMARTS) is 2. The monoisotopic (exact) mass is 866 g/mol. The first kappa shape index (κ1) is 48.5. The van der Waals surface area contributed by atoms with Crippen molar-refractivity contribution in [3.05, 3.63) is 35.9 Å². The highest BCUT2D eigenvalue weighted by Crippen LogP contribution is 2.65. The summed E-state index contributed by atoms with van der Waals surface area (Å²) in [4.78, 5) is 92.8. The van der Waals surface area contributed by atoms with Crippen molar-refractivity contribution in [2.45, 2.75) is 161 Å². The Bertz CT molecular complexity index is 1820. The quantitative estimate of drug-likeness (QED) is 0.0879. The van der Waals surface area contributed by atoms with Gasteiger partial charge in [0.1, 0.15) is 24.2 Å². The normalized spacial score (nSPS) is 26.0. The Hall–Kier alpha value is -4.55. The lowest BCUT2D eigenvalue weighted by Gasteiger charge is -2.64. The second-order valence-electron chi connectivity index (χ2n) is 19.2. The minimum absolute atomic E-state index is 0.0753. The van der Waals surface area contributed by atoms with E-state index in [9.17, 15) is 38.7 Å². The van der Waals surface area contributed by atoms with E-state index in [2.05, 4.69) is 54.2 Å². The highest BCUT2D eigenvalue weighted by Gasteiger charge is 2.68. The minimum Gasteiger partial charge on any atom is -0.481 e. The molecule has 2 aliphatic heterocycles. The van der Waals surface area contributed by atoms with Crippen molar-refractivity contribution >= 4 is 48.6 Å². The van der Waals surface area contributed by atoms with Gasteiger partial charge in [0.25, 0.3) is 0 Å². The molecule has 3 saturated carbocycles. The zero-order chi connectivity index (χ0) is 45.7. The number of carbonyl (C=O) groups excluding carboxylic acids is 5. The molecule has 0 aromatic heterocycles. The van der Waals surface area contributed by atoms with Crippen LogP contribution < -0.4 is 27.0 Å². The van der Waals surface area contributed by atoms with Crippen molar-refractivity contribution in [2.75, 3.05) is 6.54 Å². The third-order valence-electron chi connectivity index (χ3n) is 13.8. The lowest BCUT2D eigenvalue weighted by molar-refractivity contribution is -0.199. The number of hydrogen-bond donors (Lipinski definition) is 7. The molecule has 6 rings (SSSR count). The van der Waals surface area contributed by atoms with Crippen molar-refractivity contribution in [1.82, 2.24) is 26.2 Å². The smallest absolute Gasteiger partial charge is 0.481 e. The van der Waals surface area contributed by atoms with Crippen LogP contribution in [0.15, 0.2) is 30.3 Å². The molecule has 62 heavy (non-hydrogen) atoms. The third-order valence-corrected chi connectivity index (χ3v) is 13.8. The van der Waals surface area contributed by atoms with Crippen molar-refractivity contribution < 1.29 is 53.1 Å². The molecule has 18 heteroatoms. The molecule has 5 amide bonds. The van der Waals surface area contributed by atoms with Crippen LogP contribution in [0.3, 0.4) is 0 Å². The maximum absolute atomic E-state index is 14.4. The number of nitrogens with two attached hydrogens (primary N) is 1. The number of carbonyl (C=O) groups is 7. The van der Waals surface area contributed by atoms with Gasteiger partial charge < -0.3 is 51.4 Å². The topological polar surface area (TPSA) is 256 Å². The van der Waals surface area contributed by atoms with Gasteiger partial charge in [-0.25, -0.2) is 0 Å². The van der Waals surface area contributed by atoms with Gasteiger partial charge in [-0.05, 0) is 92.9 Å². The maximum atomic E-state index is 14.4. The van der Waals surface area contributed by atoms with Crippen LogP contribution in [0.25, 0.3) is 0 Å². The van der Waals surface area contributed by atoms with Gasteiger partial charge in [-0.15, -0.1) is 0 Å². The number of amides is 5. The average molecular weight is 867 g/mol. The van der Waals surface area contributed by atoms with Crippen LogP contribution in [0.4, 0.5) is 0 Å². The van der Waals surface area contributed by atoms with Crippen molar-refractivity contribution in [3.63, 3.8) is 0 Å². The summed E-state index contributed by atoms with van der Waals surface area (Å²) in [6.07, 6.45) is 3.47. The lowest BCUT2D eigenvalue weighted by atomic mass is 9.43. The Balaban J connectivity index is 1.27. The van der Waals surface area contributed by atoms with E-state index in [-0.39, 0.29) is 23.8 Å². The Morgan fingerprint density at radius 2 is 1.52 bits per heavy atom. The molecular formula is C44H67BN6O11. The number of aryl methyl sites for hydroxylation is 1. The van der Waals surface area contributed by atoms with E-state index in [0.29, 0.717) is 37.6 Å². The fourth-order valence-electron chi connectivity index (χ4n) is 9.92. The highest BCUT2D eigenvalue weighted by atomic mass is 16.7. The predicted octanol–water partition coefficient (Wildman–Crippen LogP) is 2.19. The van der Waals surface area contributed by atoms with E-state index in [0.717, 1.165) is 25.7 Å². The molecule has 10 atom stereocenters. The van der Waals surface area contributed by atoms with Crippen LogP contribution in [0, 0.1) is 29.1 Å². The van der Waals surface area contributed by atoms with Crippen molar-refractivity contribution in [1.29, 1.82) is 0 Å². The molecule has 1 aromatic rings. The van der Waals surface area contributed by atoms with Crippen LogP contribution in [0.1, 0.15) is 112 Å². The van der Waals surface area contributed by atoms with Gasteiger partial charge in [0.05, 0.1) is 30.1 Å². The van der Waals surface area contributed by atoms with E-state index >= 15 is 0 Å². The molecular weight excluding hydrogens is 799 g/mol. The van der Waals surface area contributed by atoms with Crippen LogP contribution >= 0.6 is 0 Å². The van der Waals surface area contributed by atoms with Crippen molar-refractivity contribution in [3.8, 4) is 0 Å². The Morgan fingerprint density at radius 1 is 0.855 bits per heavy atom. The molecule has 0 unspecified atom stereocenters. The number of carboxylic acids is 2. The van der Waals surface area contributed by atoms with Gasteiger partial charge in [-0.2, -0.15) is 0 Å². The van der Waals surface area contributed by atoms with Crippen molar-refractivity contribution in [2.24, 2.45) is 34.8 Å². The van der Waals surface area contributed by atoms with Gasteiger partial charge in [-0.3, -0.25) is 33.6 Å². The summed E-state index contributed by atoms with van der Waals surface area (Å²) in [5, 5.41) is 29.3. The summed E-state index contributed by atoms with van der Waals surface area (Å²) in [5.41, 5.74) is 6.52. The SMILES string of the molecule is CC(C)[C@H](NC(=O)[C@H](CCC(=O)O)NC(=O)[C@@H](N)CC(=O)O)C(=O)N[C@H](C(=O)N1CCC[C@H]1C(=O)N[C@@H](CCCc1ccccc1)B1O[C@H]2C[C@@H]3C[C@@H](C3(C)C)[C@@]2(C)O1)C(C)C. The maximum Gasteiger partial charge on any atom is 0.481 e. The first-order valence-corrected chi connectivity index (χ1v) is 22.2. The van der Waals surface area contributed by atoms with Gasteiger partial charge in [0.2, 0.25) is 29.5 Å². The van der Waals surface area contributed by atoms with Gasteiger partial charge in [0.15, 0.2) is 0 Å².